The zero-order valence-electron chi connectivity index (χ0n) is 12.5. The lowest BCUT2D eigenvalue weighted by Gasteiger charge is -2.10. The molecule has 0 unspecified atom stereocenters. The van der Waals surface area contributed by atoms with E-state index in [0.29, 0.717) is 6.61 Å². The van der Waals surface area contributed by atoms with Gasteiger partial charge >= 0.3 is 0 Å². The van der Waals surface area contributed by atoms with Crippen LogP contribution in [-0.4, -0.2) is 19.0 Å². The molecule has 1 rings (SSSR count). The van der Waals surface area contributed by atoms with Crippen molar-refractivity contribution in [1.29, 1.82) is 0 Å². The molecule has 0 fully saturated rings. The quantitative estimate of drug-likeness (QED) is 0.348. The van der Waals surface area contributed by atoms with E-state index >= 15 is 0 Å². The molecule has 0 aliphatic carbocycles. The predicted molar refractivity (Wildman–Crippen MR) is 88.0 cm³/mol. The highest BCUT2D eigenvalue weighted by atomic mass is 16.5. The Morgan fingerprint density at radius 3 is 2.43 bits per heavy atom. The number of hydrogen-bond acceptors (Lipinski definition) is 3. The van der Waals surface area contributed by atoms with Crippen LogP contribution in [0.4, 0.5) is 0 Å². The molecule has 0 bridgehead atoms. The lowest BCUT2D eigenvalue weighted by atomic mass is 10.1. The standard InChI is InChI=1S/C17H24O3.CH4/c1-4-19-11-7-5-6-8-12-20-17-10-9-16(15(3)18)13-14(17)2;/h4,9-10,13H,1,5-8,11-12H2,2-3H3;1H4. The van der Waals surface area contributed by atoms with E-state index in [-0.39, 0.29) is 13.2 Å². The second-order valence-electron chi connectivity index (χ2n) is 4.84. The predicted octanol–water partition coefficient (Wildman–Crippen LogP) is 4.93. The monoisotopic (exact) mass is 292 g/mol. The van der Waals surface area contributed by atoms with Crippen molar-refractivity contribution in [1.82, 2.24) is 0 Å². The fraction of sp³-hybridized carbons (Fsp3) is 0.500. The van der Waals surface area contributed by atoms with Crippen molar-refractivity contribution >= 4 is 5.78 Å². The van der Waals surface area contributed by atoms with Gasteiger partial charge in [-0.3, -0.25) is 4.79 Å². The average molecular weight is 292 g/mol. The molecule has 3 nitrogen and oxygen atoms in total. The van der Waals surface area contributed by atoms with Crippen LogP contribution in [0.15, 0.2) is 31.0 Å². The molecule has 1 aromatic carbocycles. The molecule has 0 aliphatic rings. The van der Waals surface area contributed by atoms with E-state index in [1.807, 2.05) is 25.1 Å². The van der Waals surface area contributed by atoms with Crippen LogP contribution in [0.2, 0.25) is 0 Å². The molecule has 0 spiro atoms. The van der Waals surface area contributed by atoms with Gasteiger partial charge in [0.05, 0.1) is 19.5 Å². The third-order valence-electron chi connectivity index (χ3n) is 3.11. The Kier molecular flexibility index (Phi) is 10.0. The third-order valence-corrected chi connectivity index (χ3v) is 3.11. The summed E-state index contributed by atoms with van der Waals surface area (Å²) >= 11 is 0. The van der Waals surface area contributed by atoms with E-state index in [1.54, 1.807) is 6.92 Å². The molecule has 21 heavy (non-hydrogen) atoms. The lowest BCUT2D eigenvalue weighted by molar-refractivity contribution is 0.101. The molecule has 3 heteroatoms. The van der Waals surface area contributed by atoms with E-state index in [0.717, 1.165) is 49.2 Å². The summed E-state index contributed by atoms with van der Waals surface area (Å²) in [5.41, 5.74) is 1.74. The zero-order valence-corrected chi connectivity index (χ0v) is 12.5. The summed E-state index contributed by atoms with van der Waals surface area (Å²) in [5, 5.41) is 0. The van der Waals surface area contributed by atoms with E-state index in [4.69, 9.17) is 9.47 Å². The maximum Gasteiger partial charge on any atom is 0.159 e. The summed E-state index contributed by atoms with van der Waals surface area (Å²) in [6, 6.07) is 5.57. The molecule has 0 heterocycles. The molecule has 0 saturated heterocycles. The van der Waals surface area contributed by atoms with E-state index < -0.39 is 0 Å². The fourth-order valence-electron chi connectivity index (χ4n) is 1.94. The van der Waals surface area contributed by atoms with Crippen molar-refractivity contribution in [3.05, 3.63) is 42.2 Å². The Labute approximate surface area is 129 Å². The summed E-state index contributed by atoms with van der Waals surface area (Å²) < 4.78 is 10.8. The van der Waals surface area contributed by atoms with Crippen LogP contribution in [-0.2, 0) is 4.74 Å². The Hall–Kier alpha value is -1.77. The molecular formula is C18H28O3. The van der Waals surface area contributed by atoms with Crippen molar-refractivity contribution in [3.63, 3.8) is 0 Å². The second-order valence-corrected chi connectivity index (χ2v) is 4.84. The van der Waals surface area contributed by atoms with Gasteiger partial charge in [-0.25, -0.2) is 0 Å². The summed E-state index contributed by atoms with van der Waals surface area (Å²) in [4.78, 5) is 11.3. The lowest BCUT2D eigenvalue weighted by Crippen LogP contribution is -2.01. The molecule has 0 atom stereocenters. The van der Waals surface area contributed by atoms with E-state index in [1.165, 1.54) is 6.26 Å². The van der Waals surface area contributed by atoms with E-state index in [9.17, 15) is 4.79 Å². The van der Waals surface area contributed by atoms with Crippen LogP contribution in [0, 0.1) is 6.92 Å². The van der Waals surface area contributed by atoms with Crippen molar-refractivity contribution in [2.45, 2.75) is 47.0 Å². The number of carbonyl (C=O) groups excluding carboxylic acids is 1. The number of unbranched alkanes of at least 4 members (excludes halogenated alkanes) is 3. The highest BCUT2D eigenvalue weighted by Crippen LogP contribution is 2.19. The van der Waals surface area contributed by atoms with Gasteiger partial charge in [0.2, 0.25) is 0 Å². The number of rotatable bonds is 10. The van der Waals surface area contributed by atoms with Crippen molar-refractivity contribution in [2.24, 2.45) is 0 Å². The number of ketones is 1. The maximum absolute atomic E-state index is 11.3. The van der Waals surface area contributed by atoms with Crippen LogP contribution >= 0.6 is 0 Å². The van der Waals surface area contributed by atoms with Gasteiger partial charge in [0.25, 0.3) is 0 Å². The Bertz CT molecular complexity index is 438. The van der Waals surface area contributed by atoms with Gasteiger partial charge in [-0.05, 0) is 63.3 Å². The summed E-state index contributed by atoms with van der Waals surface area (Å²) in [7, 11) is 0. The number of ether oxygens (including phenoxy) is 2. The molecule has 0 aromatic heterocycles. The van der Waals surface area contributed by atoms with Gasteiger partial charge in [-0.15, -0.1) is 0 Å². The molecule has 0 aliphatic heterocycles. The fourth-order valence-corrected chi connectivity index (χ4v) is 1.94. The molecule has 0 N–H and O–H groups in total. The molecule has 0 saturated carbocycles. The minimum absolute atomic E-state index is 0. The van der Waals surface area contributed by atoms with Gasteiger partial charge < -0.3 is 9.47 Å². The molecular weight excluding hydrogens is 264 g/mol. The zero-order chi connectivity index (χ0) is 14.8. The smallest absolute Gasteiger partial charge is 0.159 e. The van der Waals surface area contributed by atoms with Crippen LogP contribution in [0.5, 0.6) is 5.75 Å². The van der Waals surface area contributed by atoms with Crippen molar-refractivity contribution < 1.29 is 14.3 Å². The Morgan fingerprint density at radius 1 is 1.19 bits per heavy atom. The van der Waals surface area contributed by atoms with E-state index in [2.05, 4.69) is 6.58 Å². The van der Waals surface area contributed by atoms with Crippen LogP contribution in [0.25, 0.3) is 0 Å². The minimum atomic E-state index is 0. The summed E-state index contributed by atoms with van der Waals surface area (Å²) in [5.74, 6) is 0.950. The summed E-state index contributed by atoms with van der Waals surface area (Å²) in [6.07, 6.45) is 5.83. The molecule has 0 amide bonds. The minimum Gasteiger partial charge on any atom is -0.502 e. The molecule has 1 aromatic rings. The molecule has 118 valence electrons. The Balaban J connectivity index is 0.00000400. The SMILES string of the molecule is C.C=COCCCCCCOc1ccc(C(C)=O)cc1C. The Morgan fingerprint density at radius 2 is 1.86 bits per heavy atom. The van der Waals surface area contributed by atoms with Crippen LogP contribution < -0.4 is 4.74 Å². The van der Waals surface area contributed by atoms with Gasteiger partial charge in [0.15, 0.2) is 5.78 Å². The topological polar surface area (TPSA) is 35.5 Å². The number of hydrogen-bond donors (Lipinski definition) is 0. The number of Topliss-reactive ketones (excluding diaryl/α,β-unsaturated/α-hetero) is 1. The maximum atomic E-state index is 11.3. The van der Waals surface area contributed by atoms with Gasteiger partial charge in [-0.1, -0.05) is 14.0 Å². The van der Waals surface area contributed by atoms with Crippen LogP contribution in [0.3, 0.4) is 0 Å². The first-order chi connectivity index (χ1) is 9.65. The van der Waals surface area contributed by atoms with Gasteiger partial charge in [0.1, 0.15) is 5.75 Å². The van der Waals surface area contributed by atoms with Gasteiger partial charge in [0, 0.05) is 5.56 Å². The normalized spacial score (nSPS) is 9.62. The number of aryl methyl sites for hydroxylation is 1. The first kappa shape index (κ1) is 19.2. The number of benzene rings is 1. The van der Waals surface area contributed by atoms with Crippen molar-refractivity contribution in [3.8, 4) is 5.75 Å². The third kappa shape index (κ3) is 7.54. The van der Waals surface area contributed by atoms with Gasteiger partial charge in [-0.2, -0.15) is 0 Å². The van der Waals surface area contributed by atoms with Crippen LogP contribution in [0.1, 0.15) is 56.0 Å². The second kappa shape index (κ2) is 11.0. The average Bonchev–Trinajstić information content (AvgIpc) is 2.43. The molecule has 0 radical (unpaired) electrons. The summed E-state index contributed by atoms with van der Waals surface area (Å²) in [6.45, 7) is 8.50. The first-order valence-corrected chi connectivity index (χ1v) is 7.12. The highest BCUT2D eigenvalue weighted by molar-refractivity contribution is 5.94. The largest absolute Gasteiger partial charge is 0.502 e. The highest BCUT2D eigenvalue weighted by Gasteiger charge is 2.04. The number of carbonyl (C=O) groups is 1. The van der Waals surface area contributed by atoms with Crippen molar-refractivity contribution in [2.75, 3.05) is 13.2 Å². The first-order valence-electron chi connectivity index (χ1n) is 7.12.